The summed E-state index contributed by atoms with van der Waals surface area (Å²) in [5, 5.41) is 10.4. The highest BCUT2D eigenvalue weighted by Crippen LogP contribution is 2.23. The maximum absolute atomic E-state index is 12.4. The van der Waals surface area contributed by atoms with Crippen molar-refractivity contribution in [2.75, 3.05) is 11.6 Å². The van der Waals surface area contributed by atoms with Crippen molar-refractivity contribution in [3.8, 4) is 11.5 Å². The Morgan fingerprint density at radius 3 is 2.59 bits per heavy atom. The lowest BCUT2D eigenvalue weighted by Crippen LogP contribution is -2.20. The second-order valence-electron chi connectivity index (χ2n) is 6.15. The molecule has 0 aliphatic rings. The molecule has 2 aromatic carbocycles. The zero-order chi connectivity index (χ0) is 20.6. The van der Waals surface area contributed by atoms with E-state index in [9.17, 15) is 18.0 Å². The van der Waals surface area contributed by atoms with Gasteiger partial charge in [0.05, 0.1) is 4.90 Å². The van der Waals surface area contributed by atoms with Gasteiger partial charge < -0.3 is 8.83 Å². The summed E-state index contributed by atoms with van der Waals surface area (Å²) < 4.78 is 33.9. The van der Waals surface area contributed by atoms with Gasteiger partial charge in [-0.2, -0.15) is 0 Å². The summed E-state index contributed by atoms with van der Waals surface area (Å²) in [6, 6.07) is 13.9. The number of sulfone groups is 1. The predicted molar refractivity (Wildman–Crippen MR) is 103 cm³/mol. The number of benzene rings is 2. The monoisotopic (exact) mass is 411 g/mol. The van der Waals surface area contributed by atoms with Gasteiger partial charge in [0.25, 0.3) is 5.91 Å². The van der Waals surface area contributed by atoms with E-state index in [-0.39, 0.29) is 22.4 Å². The molecule has 1 amide bonds. The first-order valence-electron chi connectivity index (χ1n) is 8.29. The molecule has 0 fully saturated rings. The van der Waals surface area contributed by atoms with Crippen LogP contribution in [0.1, 0.15) is 10.4 Å². The molecule has 10 heteroatoms. The van der Waals surface area contributed by atoms with Crippen molar-refractivity contribution in [2.45, 2.75) is 4.90 Å². The van der Waals surface area contributed by atoms with E-state index in [0.29, 0.717) is 16.5 Å². The van der Waals surface area contributed by atoms with Gasteiger partial charge in [0.15, 0.2) is 9.84 Å². The minimum absolute atomic E-state index is 0.0105. The number of nitrogens with zero attached hydrogens (tertiary/aromatic N) is 2. The van der Waals surface area contributed by atoms with Crippen molar-refractivity contribution in [2.24, 2.45) is 0 Å². The summed E-state index contributed by atoms with van der Waals surface area (Å²) in [6.07, 6.45) is 1.08. The summed E-state index contributed by atoms with van der Waals surface area (Å²) >= 11 is 0. The van der Waals surface area contributed by atoms with Crippen molar-refractivity contribution >= 4 is 32.7 Å². The zero-order valence-corrected chi connectivity index (χ0v) is 15.8. The summed E-state index contributed by atoms with van der Waals surface area (Å²) in [5.74, 6) is -0.763. The number of hydrogen-bond acceptors (Lipinski definition) is 8. The Morgan fingerprint density at radius 2 is 1.79 bits per heavy atom. The van der Waals surface area contributed by atoms with Crippen LogP contribution >= 0.6 is 0 Å². The number of carbonyl (C=O) groups is 1. The molecule has 0 bridgehead atoms. The number of hydrogen-bond donors (Lipinski definition) is 1. The van der Waals surface area contributed by atoms with Gasteiger partial charge in [-0.05, 0) is 30.3 Å². The van der Waals surface area contributed by atoms with Gasteiger partial charge in [-0.3, -0.25) is 10.1 Å². The van der Waals surface area contributed by atoms with Gasteiger partial charge in [-0.15, -0.1) is 5.10 Å². The Kier molecular flexibility index (Phi) is 4.47. The van der Waals surface area contributed by atoms with Crippen LogP contribution < -0.4 is 10.9 Å². The lowest BCUT2D eigenvalue weighted by molar-refractivity contribution is 0.102. The number of anilines is 1. The van der Waals surface area contributed by atoms with E-state index in [2.05, 4.69) is 15.5 Å². The topological polar surface area (TPSA) is 132 Å². The van der Waals surface area contributed by atoms with E-state index in [4.69, 9.17) is 8.83 Å². The average Bonchev–Trinajstić information content (AvgIpc) is 3.15. The molecule has 0 unspecified atom stereocenters. The Hall–Kier alpha value is -3.79. The largest absolute Gasteiger partial charge is 0.422 e. The highest BCUT2D eigenvalue weighted by Gasteiger charge is 2.18. The van der Waals surface area contributed by atoms with Crippen LogP contribution in [0.4, 0.5) is 6.01 Å². The first-order chi connectivity index (χ1) is 13.8. The molecule has 146 valence electrons. The summed E-state index contributed by atoms with van der Waals surface area (Å²) in [7, 11) is -3.41. The molecular weight excluding hydrogens is 398 g/mol. The van der Waals surface area contributed by atoms with Crippen molar-refractivity contribution in [1.82, 2.24) is 10.2 Å². The fourth-order valence-electron chi connectivity index (χ4n) is 2.63. The number of fused-ring (bicyclic) bond motifs is 1. The molecule has 0 spiro atoms. The van der Waals surface area contributed by atoms with E-state index >= 15 is 0 Å². The van der Waals surface area contributed by atoms with Gasteiger partial charge in [-0.1, -0.05) is 29.4 Å². The molecule has 0 radical (unpaired) electrons. The molecule has 2 aromatic heterocycles. The van der Waals surface area contributed by atoms with Crippen LogP contribution in [0, 0.1) is 0 Å². The summed E-state index contributed by atoms with van der Waals surface area (Å²) in [4.78, 5) is 24.6. The molecule has 9 nitrogen and oxygen atoms in total. The van der Waals surface area contributed by atoms with Crippen LogP contribution in [0.3, 0.4) is 0 Å². The third-order valence-corrected chi connectivity index (χ3v) is 5.15. The van der Waals surface area contributed by atoms with Crippen molar-refractivity contribution in [1.29, 1.82) is 0 Å². The number of para-hydroxylation sites is 1. The van der Waals surface area contributed by atoms with Crippen molar-refractivity contribution < 1.29 is 22.0 Å². The quantitative estimate of drug-likeness (QED) is 0.507. The number of nitrogens with one attached hydrogen (secondary N) is 1. The van der Waals surface area contributed by atoms with E-state index in [1.54, 1.807) is 30.3 Å². The molecule has 0 aliphatic carbocycles. The van der Waals surface area contributed by atoms with Crippen LogP contribution in [-0.4, -0.2) is 30.8 Å². The molecule has 0 aliphatic heterocycles. The smallest absolute Gasteiger partial charge is 0.349 e. The fraction of sp³-hybridized carbons (Fsp3) is 0.0526. The van der Waals surface area contributed by atoms with Gasteiger partial charge >= 0.3 is 11.6 Å². The Balaban J connectivity index is 1.61. The molecule has 0 saturated carbocycles. The summed E-state index contributed by atoms with van der Waals surface area (Å²) in [6.45, 7) is 0. The first-order valence-corrected chi connectivity index (χ1v) is 10.2. The minimum Gasteiger partial charge on any atom is -0.422 e. The Morgan fingerprint density at radius 1 is 1.00 bits per heavy atom. The van der Waals surface area contributed by atoms with Crippen LogP contribution in [-0.2, 0) is 9.84 Å². The van der Waals surface area contributed by atoms with Crippen LogP contribution in [0.15, 0.2) is 73.1 Å². The molecule has 4 aromatic rings. The van der Waals surface area contributed by atoms with Crippen LogP contribution in [0.5, 0.6) is 0 Å². The lowest BCUT2D eigenvalue weighted by Gasteiger charge is -2.02. The number of rotatable bonds is 4. The number of aromatic nitrogens is 2. The van der Waals surface area contributed by atoms with Gasteiger partial charge in [0, 0.05) is 17.2 Å². The SMILES string of the molecule is CS(=O)(=O)c1cccc(-c2nnc(NC(=O)c3cc4ccccc4oc3=O)o2)c1. The minimum atomic E-state index is -3.41. The Labute approximate surface area is 163 Å². The molecule has 1 N–H and O–H groups in total. The van der Waals surface area contributed by atoms with E-state index in [1.807, 2.05) is 0 Å². The molecular formula is C19H13N3O6S. The highest BCUT2D eigenvalue weighted by atomic mass is 32.2. The van der Waals surface area contributed by atoms with Crippen molar-refractivity contribution in [3.63, 3.8) is 0 Å². The fourth-order valence-corrected chi connectivity index (χ4v) is 3.30. The lowest BCUT2D eigenvalue weighted by atomic mass is 10.2. The van der Waals surface area contributed by atoms with Gasteiger partial charge in [0.1, 0.15) is 11.1 Å². The maximum atomic E-state index is 12.4. The standard InChI is InChI=1S/C19H13N3O6S/c1-29(25,26)13-7-4-6-12(9-13)17-21-22-19(28-17)20-16(23)14-10-11-5-2-3-8-15(11)27-18(14)24/h2-10H,1H3,(H,20,22,23). The zero-order valence-electron chi connectivity index (χ0n) is 14.9. The van der Waals surface area contributed by atoms with E-state index in [0.717, 1.165) is 6.26 Å². The third kappa shape index (κ3) is 3.78. The summed E-state index contributed by atoms with van der Waals surface area (Å²) in [5.41, 5.74) is -0.296. The average molecular weight is 411 g/mol. The molecule has 4 rings (SSSR count). The van der Waals surface area contributed by atoms with Crippen molar-refractivity contribution in [3.05, 3.63) is 70.6 Å². The Bertz CT molecular complexity index is 1400. The first kappa shape index (κ1) is 18.6. The van der Waals surface area contributed by atoms with E-state index in [1.165, 1.54) is 24.3 Å². The maximum Gasteiger partial charge on any atom is 0.349 e. The van der Waals surface area contributed by atoms with E-state index < -0.39 is 21.4 Å². The van der Waals surface area contributed by atoms with Crippen LogP contribution in [0.25, 0.3) is 22.4 Å². The second kappa shape index (κ2) is 6.99. The third-order valence-electron chi connectivity index (χ3n) is 4.04. The second-order valence-corrected chi connectivity index (χ2v) is 8.17. The molecule has 29 heavy (non-hydrogen) atoms. The molecule has 0 atom stereocenters. The number of amides is 1. The highest BCUT2D eigenvalue weighted by molar-refractivity contribution is 7.90. The normalized spacial score (nSPS) is 11.5. The molecule has 2 heterocycles. The molecule has 0 saturated heterocycles. The number of carbonyl (C=O) groups excluding carboxylic acids is 1. The predicted octanol–water partition coefficient (Wildman–Crippen LogP) is 2.50. The van der Waals surface area contributed by atoms with Gasteiger partial charge in [0.2, 0.25) is 5.89 Å². The van der Waals surface area contributed by atoms with Crippen LogP contribution in [0.2, 0.25) is 0 Å². The van der Waals surface area contributed by atoms with Gasteiger partial charge in [-0.25, -0.2) is 13.2 Å².